The van der Waals surface area contributed by atoms with Gasteiger partial charge in [0, 0.05) is 18.6 Å². The fourth-order valence-corrected chi connectivity index (χ4v) is 12.1. The van der Waals surface area contributed by atoms with Crippen LogP contribution in [0, 0.1) is 0 Å². The molecule has 44 heteroatoms. The molecule has 21 heterocycles. The van der Waals surface area contributed by atoms with Crippen molar-refractivity contribution in [3.8, 4) is 0 Å². The molecule has 0 spiro atoms. The number of ether oxygens (including phenoxy) is 14. The van der Waals surface area contributed by atoms with E-state index >= 15 is 0 Å². The Labute approximate surface area is 521 Å². The molecule has 1 aliphatic carbocycles. The summed E-state index contributed by atoms with van der Waals surface area (Å²) in [4.78, 5) is 0. The number of hydrogen-bond acceptors (Lipinski definition) is 36. The molecule has 22 aliphatic rings. The van der Waals surface area contributed by atoms with Crippen LogP contribution in [0.15, 0.2) is 0 Å². The van der Waals surface area contributed by atoms with Gasteiger partial charge < -0.3 is 223 Å². The summed E-state index contributed by atoms with van der Waals surface area (Å²) >= 11 is 0. The first-order chi connectivity index (χ1) is 40.1. The third kappa shape index (κ3) is 17.8. The summed E-state index contributed by atoms with van der Waals surface area (Å²) in [5.41, 5.74) is 6.41. The van der Waals surface area contributed by atoms with Gasteiger partial charge in [0.25, 0.3) is 0 Å². The van der Waals surface area contributed by atoms with Crippen LogP contribution in [0.1, 0.15) is 25.7 Å². The summed E-state index contributed by atoms with van der Waals surface area (Å²) in [5, 5.41) is 227. The van der Waals surface area contributed by atoms with Crippen LogP contribution in [-0.2, 0) is 66.3 Å². The van der Waals surface area contributed by atoms with Gasteiger partial charge in [0.15, 0.2) is 44.0 Å². The molecule has 0 amide bonds. The number of aliphatic hydroxyl groups excluding tert-OH is 20. The molecule has 22 rings (SSSR count). The molecule has 0 aromatic rings. The average molecular weight is 1380 g/mol. The van der Waals surface area contributed by atoms with Gasteiger partial charge in [-0.3, -0.25) is 0 Å². The molecule has 92 heavy (non-hydrogen) atoms. The normalized spacial score (nSPS) is 49.9. The van der Waals surface area contributed by atoms with Gasteiger partial charge in [-0.2, -0.15) is 0 Å². The monoisotopic (exact) mass is 1370 g/mol. The summed E-state index contributed by atoms with van der Waals surface area (Å²) in [6.07, 6.45) is -66.3. The van der Waals surface area contributed by atoms with Gasteiger partial charge in [-0.15, -0.1) is 0 Å². The molecule has 0 aromatic heterocycles. The Hall–Kier alpha value is -1.76. The molecule has 0 radical (unpaired) electrons. The zero-order valence-corrected chi connectivity index (χ0v) is 48.9. The summed E-state index contributed by atoms with van der Waals surface area (Å²) in [5.74, 6) is 0. The first-order valence-corrected chi connectivity index (χ1v) is 27.9. The molecule has 39 N–H and O–H groups in total. The topological polar surface area (TPSA) is 824 Å². The summed E-state index contributed by atoms with van der Waals surface area (Å²) < 4.78 is 81.5. The van der Waals surface area contributed by atoms with Gasteiger partial charge in [-0.25, -0.2) is 0 Å². The highest BCUT2D eigenvalue weighted by Crippen LogP contribution is 2.39. The second kappa shape index (κ2) is 38.0. The van der Waals surface area contributed by atoms with E-state index in [4.69, 9.17) is 72.0 Å². The van der Waals surface area contributed by atoms with E-state index in [9.17, 15) is 102 Å². The minimum atomic E-state index is -2.20. The fraction of sp³-hybridized carbons (Fsp3) is 1.00. The molecule has 21 aliphatic heterocycles. The van der Waals surface area contributed by atoms with Gasteiger partial charge in [0.1, 0.15) is 171 Å². The van der Waals surface area contributed by atoms with Crippen LogP contribution < -0.4 is 11.1 Å². The maximum atomic E-state index is 11.8. The van der Waals surface area contributed by atoms with Crippen molar-refractivity contribution < 1.29 is 212 Å². The number of hydrogen-bond donors (Lipinski definition) is 22. The second-order valence-electron chi connectivity index (χ2n) is 22.4. The number of nitrogens with two attached hydrogens (primary N) is 1. The molecule has 22 fully saturated rings. The molecule has 21 saturated heterocycles. The van der Waals surface area contributed by atoms with Crippen molar-refractivity contribution in [2.45, 2.75) is 253 Å². The second-order valence-corrected chi connectivity index (χ2v) is 22.4. The highest BCUT2D eigenvalue weighted by molar-refractivity contribution is 5.02. The fourth-order valence-electron chi connectivity index (χ4n) is 12.1. The van der Waals surface area contributed by atoms with Crippen molar-refractivity contribution in [3.05, 3.63) is 0 Å². The Balaban J connectivity index is 0.00000529. The quantitative estimate of drug-likeness (QED) is 0.102. The third-order valence-corrected chi connectivity index (χ3v) is 17.0. The van der Waals surface area contributed by atoms with E-state index < -0.39 is 255 Å². The Morgan fingerprint density at radius 2 is 0.424 bits per heavy atom. The van der Waals surface area contributed by atoms with Crippen molar-refractivity contribution >= 4 is 0 Å². The van der Waals surface area contributed by atoms with Gasteiger partial charge in [-0.05, 0) is 12.8 Å². The minimum Gasteiger partial charge on any atom is -0.412 e. The van der Waals surface area contributed by atoms with Crippen molar-refractivity contribution in [1.82, 2.24) is 5.32 Å². The SMILES string of the molecule is N[C@H]1CCCC[C@@H]1NC[C@H]1O[C@@H]2O[C@H]3[C@H](O)[C@@H](O)[C@@H](O[C@H]4[C@H](O)[C@@H](O)[C@@H](O[C@H]5[C@H](O)[C@@H](O)[C@@H](O[C@H]6[C@H](O)[C@@H](O)[C@@H](O[C@H]7[C@H](O)[C@@H](O)[C@@H](O[C@H]8[C@H](O)[C@@H](O)[C@@H](O[C@H]1[C@H](O)[C@H]2O)O[C@@H]8CO)O[C@@H]7CO)O[C@@H]6CO)O[C@@H]5CO)O[C@@H]4CO)O[C@@H]3CO.O.O.O.O.O.O.O.O. The Morgan fingerprint density at radius 1 is 0.250 bits per heavy atom. The molecule has 14 bridgehead atoms. The van der Waals surface area contributed by atoms with Crippen molar-refractivity contribution in [3.63, 3.8) is 0 Å². The average Bonchev–Trinajstić information content (AvgIpc) is 1.80. The Bertz CT molecular complexity index is 2030. The lowest BCUT2D eigenvalue weighted by molar-refractivity contribution is -0.396. The first kappa shape index (κ1) is 88.3. The van der Waals surface area contributed by atoms with Gasteiger partial charge in [0.2, 0.25) is 0 Å². The van der Waals surface area contributed by atoms with Crippen molar-refractivity contribution in [1.29, 1.82) is 0 Å². The van der Waals surface area contributed by atoms with Gasteiger partial charge >= 0.3 is 0 Å². The van der Waals surface area contributed by atoms with Crippen molar-refractivity contribution in [2.24, 2.45) is 5.73 Å². The summed E-state index contributed by atoms with van der Waals surface area (Å²) in [6, 6.07) is -0.672. The molecule has 37 atom stereocenters. The van der Waals surface area contributed by atoms with Crippen LogP contribution in [0.2, 0.25) is 0 Å². The zero-order chi connectivity index (χ0) is 60.7. The lowest BCUT2D eigenvalue weighted by Crippen LogP contribution is -2.68. The minimum absolute atomic E-state index is 0. The molecule has 0 aromatic carbocycles. The van der Waals surface area contributed by atoms with E-state index in [1.165, 1.54) is 0 Å². The standard InChI is InChI=1S/C48H82N2O34.8H2O/c49-12-3-1-2-4-13(12)50-5-14-35-21(57)28(64)42(71-14)79-36-15(6-51)73-44(30(66)23(36)59)81-38-17(8-53)75-46(32(68)25(38)61)83-40-19(10-55)77-48(34(70)27(40)63)84-41-20(11-56)76-47(33(69)26(41)62)82-39-18(9-54)74-45(31(67)24(39)60)80-37-16(7-52)72-43(78-35)29(65)22(37)58;;;;;;;;/h12-48,50-70H,1-11,49H2;8*1H2/t12-,13-,14+,15+,16+,17+,18+,19+,20+,21+,22+,23+,24+,25+,26+,27+,28+,29+,30+,31+,32+,33+,34+,35+,36+,37+,38+,39+,40+,41+,42+,43+,44+,45+,46+,47+,48+;;;;;;;;/m0......../s1. The van der Waals surface area contributed by atoms with Crippen LogP contribution in [0.3, 0.4) is 0 Å². The third-order valence-electron chi connectivity index (χ3n) is 17.0. The molecule has 1 saturated carbocycles. The van der Waals surface area contributed by atoms with Crippen LogP contribution in [0.25, 0.3) is 0 Å². The van der Waals surface area contributed by atoms with Crippen molar-refractivity contribution in [2.75, 3.05) is 46.2 Å². The van der Waals surface area contributed by atoms with Gasteiger partial charge in [-0.1, -0.05) is 12.8 Å². The first-order valence-electron chi connectivity index (χ1n) is 27.9. The summed E-state index contributed by atoms with van der Waals surface area (Å²) in [6.45, 7) is -6.43. The van der Waals surface area contributed by atoms with Crippen LogP contribution in [0.4, 0.5) is 0 Å². The highest BCUT2D eigenvalue weighted by atomic mass is 16.8. The van der Waals surface area contributed by atoms with E-state index in [-0.39, 0.29) is 62.4 Å². The number of nitrogens with one attached hydrogen (secondary N) is 1. The zero-order valence-electron chi connectivity index (χ0n) is 48.9. The molecular weight excluding hydrogens is 1280 g/mol. The number of rotatable bonds is 9. The predicted molar refractivity (Wildman–Crippen MR) is 288 cm³/mol. The van der Waals surface area contributed by atoms with Crippen LogP contribution in [0.5, 0.6) is 0 Å². The largest absolute Gasteiger partial charge is 0.412 e. The van der Waals surface area contributed by atoms with E-state index in [1.807, 2.05) is 0 Å². The highest BCUT2D eigenvalue weighted by Gasteiger charge is 2.59. The molecule has 552 valence electrons. The van der Waals surface area contributed by atoms with E-state index in [1.54, 1.807) is 0 Å². The predicted octanol–water partition coefficient (Wildman–Crippen LogP) is -21.0. The molecule has 0 unspecified atom stereocenters. The molecular formula is C48H98N2O42. The van der Waals surface area contributed by atoms with Crippen LogP contribution >= 0.6 is 0 Å². The smallest absolute Gasteiger partial charge is 0.187 e. The lowest BCUT2D eigenvalue weighted by Gasteiger charge is -2.50. The van der Waals surface area contributed by atoms with Gasteiger partial charge in [0.05, 0.1) is 39.6 Å². The maximum absolute atomic E-state index is 11.8. The summed E-state index contributed by atoms with van der Waals surface area (Å²) in [7, 11) is 0. The molecule has 44 nitrogen and oxygen atoms in total. The van der Waals surface area contributed by atoms with E-state index in [0.29, 0.717) is 12.8 Å². The number of aliphatic hydroxyl groups is 20. The van der Waals surface area contributed by atoms with E-state index in [0.717, 1.165) is 12.8 Å². The maximum Gasteiger partial charge on any atom is 0.187 e. The van der Waals surface area contributed by atoms with Crippen LogP contribution in [-0.4, -0.2) is 419 Å². The lowest BCUT2D eigenvalue weighted by atomic mass is 9.90. The van der Waals surface area contributed by atoms with E-state index in [2.05, 4.69) is 5.32 Å². The Morgan fingerprint density at radius 3 is 0.609 bits per heavy atom. The Kier molecular flexibility index (Phi) is 36.4.